The molecule has 0 spiro atoms. The molecule has 2 N–H and O–H groups in total. The molecule has 2 amide bonds. The van der Waals surface area contributed by atoms with E-state index in [4.69, 9.17) is 16.3 Å². The summed E-state index contributed by atoms with van der Waals surface area (Å²) < 4.78 is 19.5. The molecule has 0 saturated heterocycles. The highest BCUT2D eigenvalue weighted by molar-refractivity contribution is 6.39. The number of amides is 2. The lowest BCUT2D eigenvalue weighted by Crippen LogP contribution is -2.32. The van der Waals surface area contributed by atoms with Crippen LogP contribution in [-0.4, -0.2) is 18.0 Å². The molecule has 0 aliphatic rings. The number of ether oxygens (including phenoxy) is 1. The number of hydrogen-bond donors (Lipinski definition) is 2. The zero-order chi connectivity index (χ0) is 22.9. The van der Waals surface area contributed by atoms with Gasteiger partial charge in [0, 0.05) is 11.3 Å². The molecule has 0 aliphatic heterocycles. The molecular weight excluding hydrogens is 433 g/mol. The molecule has 3 aromatic rings. The van der Waals surface area contributed by atoms with Gasteiger partial charge in [-0.3, -0.25) is 9.59 Å². The van der Waals surface area contributed by atoms with Crippen molar-refractivity contribution < 1.29 is 18.7 Å². The highest BCUT2D eigenvalue weighted by Crippen LogP contribution is 2.22. The number of hydrazone groups is 1. The molecule has 6 nitrogen and oxygen atoms in total. The minimum Gasteiger partial charge on any atom is -0.489 e. The van der Waals surface area contributed by atoms with Gasteiger partial charge in [-0.1, -0.05) is 54.9 Å². The molecule has 0 aromatic heterocycles. The van der Waals surface area contributed by atoms with Crippen molar-refractivity contribution in [3.05, 3.63) is 94.3 Å². The molecule has 164 valence electrons. The number of aryl methyl sites for hydroxylation is 1. The van der Waals surface area contributed by atoms with Crippen LogP contribution < -0.4 is 15.5 Å². The molecular formula is C24H21ClFN3O3. The Balaban J connectivity index is 1.56. The maximum Gasteiger partial charge on any atom is 0.329 e. The number of halogens is 2. The summed E-state index contributed by atoms with van der Waals surface area (Å²) in [6.45, 7) is 1.92. The van der Waals surface area contributed by atoms with Crippen molar-refractivity contribution in [1.82, 2.24) is 5.43 Å². The van der Waals surface area contributed by atoms with E-state index in [0.717, 1.165) is 12.0 Å². The van der Waals surface area contributed by atoms with Gasteiger partial charge in [0.1, 0.15) is 18.2 Å². The summed E-state index contributed by atoms with van der Waals surface area (Å²) in [4.78, 5) is 24.1. The Hall–Kier alpha value is -3.71. The third kappa shape index (κ3) is 6.15. The zero-order valence-electron chi connectivity index (χ0n) is 17.3. The monoisotopic (exact) mass is 453 g/mol. The number of nitrogens with zero attached hydrogens (tertiary/aromatic N) is 1. The van der Waals surface area contributed by atoms with Gasteiger partial charge in [-0.25, -0.2) is 9.82 Å². The van der Waals surface area contributed by atoms with Gasteiger partial charge in [-0.05, 0) is 47.9 Å². The lowest BCUT2D eigenvalue weighted by Gasteiger charge is -2.09. The van der Waals surface area contributed by atoms with Crippen LogP contribution in [0.3, 0.4) is 0 Å². The standard InChI is InChI=1S/C24H21ClFN3O3/c1-2-17-8-3-4-12-22(17)28-23(30)24(31)29-27-14-16-7-5-9-18(13-16)32-15-19-20(25)10-6-11-21(19)26/h3-14H,2,15H2,1H3,(H,28,30)(H,29,31). The topological polar surface area (TPSA) is 79.8 Å². The van der Waals surface area contributed by atoms with Crippen LogP contribution in [0.5, 0.6) is 5.75 Å². The quantitative estimate of drug-likeness (QED) is 0.309. The Kier molecular flexibility index (Phi) is 7.94. The first-order chi connectivity index (χ1) is 15.5. The minimum atomic E-state index is -0.895. The Morgan fingerprint density at radius 2 is 1.84 bits per heavy atom. The van der Waals surface area contributed by atoms with E-state index in [1.165, 1.54) is 18.3 Å². The normalized spacial score (nSPS) is 10.7. The second-order valence-corrected chi connectivity index (χ2v) is 7.13. The maximum absolute atomic E-state index is 13.9. The summed E-state index contributed by atoms with van der Waals surface area (Å²) in [6, 6.07) is 18.5. The first-order valence-electron chi connectivity index (χ1n) is 9.86. The van der Waals surface area contributed by atoms with Crippen LogP contribution in [-0.2, 0) is 22.6 Å². The number of rotatable bonds is 7. The molecule has 0 radical (unpaired) electrons. The number of benzene rings is 3. The molecule has 0 aliphatic carbocycles. The number of hydrogen-bond acceptors (Lipinski definition) is 4. The van der Waals surface area contributed by atoms with E-state index in [0.29, 0.717) is 17.0 Å². The van der Waals surface area contributed by atoms with Crippen LogP contribution in [0.1, 0.15) is 23.6 Å². The number of para-hydroxylation sites is 1. The molecule has 8 heteroatoms. The molecule has 0 unspecified atom stereocenters. The molecule has 0 bridgehead atoms. The largest absolute Gasteiger partial charge is 0.489 e. The van der Waals surface area contributed by atoms with E-state index >= 15 is 0 Å². The van der Waals surface area contributed by atoms with Crippen molar-refractivity contribution in [3.63, 3.8) is 0 Å². The summed E-state index contributed by atoms with van der Waals surface area (Å²) in [5.41, 5.74) is 4.57. The zero-order valence-corrected chi connectivity index (χ0v) is 18.0. The Morgan fingerprint density at radius 3 is 2.62 bits per heavy atom. The van der Waals surface area contributed by atoms with Crippen LogP contribution >= 0.6 is 11.6 Å². The Labute approximate surface area is 190 Å². The van der Waals surface area contributed by atoms with Crippen molar-refractivity contribution in [1.29, 1.82) is 0 Å². The van der Waals surface area contributed by atoms with E-state index in [-0.39, 0.29) is 17.2 Å². The van der Waals surface area contributed by atoms with Crippen molar-refractivity contribution in [2.24, 2.45) is 5.10 Å². The molecule has 3 rings (SSSR count). The number of anilines is 1. The smallest absolute Gasteiger partial charge is 0.329 e. The average molecular weight is 454 g/mol. The summed E-state index contributed by atoms with van der Waals surface area (Å²) in [7, 11) is 0. The Bertz CT molecular complexity index is 1130. The van der Waals surface area contributed by atoms with Crippen molar-refractivity contribution in [3.8, 4) is 5.75 Å². The third-order valence-corrected chi connectivity index (χ3v) is 4.89. The minimum absolute atomic E-state index is 0.0394. The number of nitrogens with one attached hydrogen (secondary N) is 2. The summed E-state index contributed by atoms with van der Waals surface area (Å²) in [5, 5.41) is 6.67. The van der Waals surface area contributed by atoms with Gasteiger partial charge in [0.25, 0.3) is 0 Å². The fourth-order valence-corrected chi connectivity index (χ4v) is 3.07. The molecule has 0 saturated carbocycles. The highest BCUT2D eigenvalue weighted by Gasteiger charge is 2.14. The van der Waals surface area contributed by atoms with E-state index in [2.05, 4.69) is 15.8 Å². The van der Waals surface area contributed by atoms with Gasteiger partial charge < -0.3 is 10.1 Å². The summed E-state index contributed by atoms with van der Waals surface area (Å²) in [5.74, 6) is -1.69. The SMILES string of the molecule is CCc1ccccc1NC(=O)C(=O)NN=Cc1cccc(OCc2c(F)cccc2Cl)c1. The van der Waals surface area contributed by atoms with Crippen LogP contribution in [0.15, 0.2) is 71.8 Å². The van der Waals surface area contributed by atoms with E-state index in [1.54, 1.807) is 42.5 Å². The summed E-state index contributed by atoms with van der Waals surface area (Å²) >= 11 is 6.00. The van der Waals surface area contributed by atoms with Crippen molar-refractivity contribution in [2.75, 3.05) is 5.32 Å². The van der Waals surface area contributed by atoms with Gasteiger partial charge in [0.15, 0.2) is 0 Å². The van der Waals surface area contributed by atoms with Gasteiger partial charge in [0.2, 0.25) is 0 Å². The predicted octanol–water partition coefficient (Wildman–Crippen LogP) is 4.71. The number of carbonyl (C=O) groups excluding carboxylic acids is 2. The summed E-state index contributed by atoms with van der Waals surface area (Å²) in [6.07, 6.45) is 2.09. The maximum atomic E-state index is 13.9. The van der Waals surface area contributed by atoms with Crippen LogP contribution in [0, 0.1) is 5.82 Å². The fourth-order valence-electron chi connectivity index (χ4n) is 2.86. The van der Waals surface area contributed by atoms with E-state index < -0.39 is 17.6 Å². The van der Waals surface area contributed by atoms with Crippen molar-refractivity contribution >= 4 is 35.3 Å². The number of carbonyl (C=O) groups is 2. The lowest BCUT2D eigenvalue weighted by molar-refractivity contribution is -0.136. The highest BCUT2D eigenvalue weighted by atomic mass is 35.5. The van der Waals surface area contributed by atoms with E-state index in [1.807, 2.05) is 19.1 Å². The molecule has 0 atom stereocenters. The second kappa shape index (κ2) is 11.1. The third-order valence-electron chi connectivity index (χ3n) is 4.54. The molecule has 0 heterocycles. The van der Waals surface area contributed by atoms with Gasteiger partial charge in [-0.2, -0.15) is 5.10 Å². The molecule has 3 aromatic carbocycles. The van der Waals surface area contributed by atoms with E-state index in [9.17, 15) is 14.0 Å². The van der Waals surface area contributed by atoms with Gasteiger partial charge >= 0.3 is 11.8 Å². The molecule has 0 fully saturated rings. The van der Waals surface area contributed by atoms with Gasteiger partial charge in [0.05, 0.1) is 11.2 Å². The first kappa shape index (κ1) is 23.0. The van der Waals surface area contributed by atoms with Gasteiger partial charge in [-0.15, -0.1) is 0 Å². The fraction of sp³-hybridized carbons (Fsp3) is 0.125. The first-order valence-corrected chi connectivity index (χ1v) is 10.2. The van der Waals surface area contributed by atoms with Crippen molar-refractivity contribution in [2.45, 2.75) is 20.0 Å². The second-order valence-electron chi connectivity index (χ2n) is 6.73. The lowest BCUT2D eigenvalue weighted by atomic mass is 10.1. The Morgan fingerprint density at radius 1 is 1.06 bits per heavy atom. The predicted molar refractivity (Wildman–Crippen MR) is 122 cm³/mol. The van der Waals surface area contributed by atoms with Crippen LogP contribution in [0.25, 0.3) is 0 Å². The average Bonchev–Trinajstić information content (AvgIpc) is 2.79. The molecule has 32 heavy (non-hydrogen) atoms. The van der Waals surface area contributed by atoms with Crippen LogP contribution in [0.2, 0.25) is 5.02 Å². The van der Waals surface area contributed by atoms with Crippen LogP contribution in [0.4, 0.5) is 10.1 Å².